The predicted molar refractivity (Wildman–Crippen MR) is 151 cm³/mol. The third-order valence-electron chi connectivity index (χ3n) is 6.42. The third kappa shape index (κ3) is 7.23. The summed E-state index contributed by atoms with van der Waals surface area (Å²) < 4.78 is 10.5. The van der Waals surface area contributed by atoms with Gasteiger partial charge in [-0.2, -0.15) is 0 Å². The van der Waals surface area contributed by atoms with Crippen molar-refractivity contribution >= 4 is 28.6 Å². The second kappa shape index (κ2) is 13.2. The van der Waals surface area contributed by atoms with Crippen LogP contribution in [0.2, 0.25) is 0 Å². The van der Waals surface area contributed by atoms with E-state index in [0.717, 1.165) is 27.6 Å². The molecule has 0 spiro atoms. The van der Waals surface area contributed by atoms with Gasteiger partial charge in [0.1, 0.15) is 17.8 Å². The van der Waals surface area contributed by atoms with Crippen LogP contribution in [0.3, 0.4) is 0 Å². The first kappa shape index (κ1) is 27.4. The number of carbonyl (C=O) groups is 3. The van der Waals surface area contributed by atoms with E-state index in [1.807, 2.05) is 97.9 Å². The maximum Gasteiger partial charge on any atom is 0.328 e. The fourth-order valence-corrected chi connectivity index (χ4v) is 4.45. The Kier molecular flexibility index (Phi) is 9.29. The molecule has 7 heteroatoms. The Morgan fingerprint density at radius 1 is 0.718 bits per heavy atom. The number of ether oxygens (including phenoxy) is 2. The molecule has 4 aromatic carbocycles. The molecule has 0 unspecified atom stereocenters. The van der Waals surface area contributed by atoms with Crippen LogP contribution in [0.1, 0.15) is 28.4 Å². The van der Waals surface area contributed by atoms with Crippen molar-refractivity contribution in [1.29, 1.82) is 0 Å². The Balaban J connectivity index is 1.59. The predicted octanol–water partition coefficient (Wildman–Crippen LogP) is 4.48. The van der Waals surface area contributed by atoms with Crippen LogP contribution in [-0.4, -0.2) is 43.6 Å². The molecular formula is C32H32N2O5. The molecule has 2 amide bonds. The summed E-state index contributed by atoms with van der Waals surface area (Å²) in [5.41, 5.74) is 2.16. The highest BCUT2D eigenvalue weighted by Gasteiger charge is 2.28. The van der Waals surface area contributed by atoms with E-state index < -0.39 is 24.0 Å². The van der Waals surface area contributed by atoms with E-state index in [-0.39, 0.29) is 18.7 Å². The Morgan fingerprint density at radius 3 is 2.08 bits per heavy atom. The van der Waals surface area contributed by atoms with Gasteiger partial charge in [-0.1, -0.05) is 78.9 Å². The fourth-order valence-electron chi connectivity index (χ4n) is 4.45. The maximum absolute atomic E-state index is 13.6. The molecule has 0 aliphatic heterocycles. The zero-order chi connectivity index (χ0) is 27.6. The fraction of sp³-hybridized carbons (Fsp3) is 0.219. The Hall–Kier alpha value is -4.65. The van der Waals surface area contributed by atoms with Gasteiger partial charge in [0, 0.05) is 18.4 Å². The Bertz CT molecular complexity index is 1410. The van der Waals surface area contributed by atoms with Gasteiger partial charge in [-0.05, 0) is 47.0 Å². The van der Waals surface area contributed by atoms with Gasteiger partial charge in [-0.15, -0.1) is 0 Å². The number of rotatable bonds is 11. The standard InChI is InChI=1S/C32H32N2O5/c1-3-39-25-18-16-23(17-19-25)20-28(33-30(35)27-15-9-13-24-12-7-8-14-26(24)27)31(36)34-29(32(37)38-2)21-22-10-5-4-6-11-22/h4-19,28-29H,3,20-21H2,1-2H3,(H,33,35)(H,34,36)/t28-,29+/m1/s1. The first-order valence-corrected chi connectivity index (χ1v) is 12.9. The first-order chi connectivity index (χ1) is 19.0. The van der Waals surface area contributed by atoms with Crippen LogP contribution in [0.15, 0.2) is 97.1 Å². The van der Waals surface area contributed by atoms with E-state index in [4.69, 9.17) is 9.47 Å². The van der Waals surface area contributed by atoms with Crippen molar-refractivity contribution in [3.63, 3.8) is 0 Å². The van der Waals surface area contributed by atoms with Crippen LogP contribution in [0.5, 0.6) is 5.75 Å². The van der Waals surface area contributed by atoms with Crippen molar-refractivity contribution in [2.75, 3.05) is 13.7 Å². The lowest BCUT2D eigenvalue weighted by Gasteiger charge is -2.23. The van der Waals surface area contributed by atoms with Gasteiger partial charge in [-0.25, -0.2) is 4.79 Å². The first-order valence-electron chi connectivity index (χ1n) is 12.9. The van der Waals surface area contributed by atoms with Crippen molar-refractivity contribution in [2.24, 2.45) is 0 Å². The highest BCUT2D eigenvalue weighted by Crippen LogP contribution is 2.19. The number of carbonyl (C=O) groups excluding carboxylic acids is 3. The van der Waals surface area contributed by atoms with Gasteiger partial charge in [0.2, 0.25) is 5.91 Å². The molecule has 0 bridgehead atoms. The average molecular weight is 525 g/mol. The number of hydrogen-bond donors (Lipinski definition) is 2. The molecule has 0 aromatic heterocycles. The molecule has 4 aromatic rings. The van der Waals surface area contributed by atoms with Crippen molar-refractivity contribution in [3.8, 4) is 5.75 Å². The molecule has 200 valence electrons. The number of nitrogens with one attached hydrogen (secondary N) is 2. The van der Waals surface area contributed by atoms with Gasteiger partial charge < -0.3 is 20.1 Å². The molecule has 2 N–H and O–H groups in total. The van der Waals surface area contributed by atoms with Gasteiger partial charge in [0.25, 0.3) is 5.91 Å². The number of benzene rings is 4. The molecule has 2 atom stereocenters. The average Bonchev–Trinajstić information content (AvgIpc) is 2.97. The quantitative estimate of drug-likeness (QED) is 0.282. The number of fused-ring (bicyclic) bond motifs is 1. The highest BCUT2D eigenvalue weighted by molar-refractivity contribution is 6.08. The van der Waals surface area contributed by atoms with Gasteiger partial charge >= 0.3 is 5.97 Å². The van der Waals surface area contributed by atoms with Crippen molar-refractivity contribution in [3.05, 3.63) is 114 Å². The zero-order valence-electron chi connectivity index (χ0n) is 22.1. The lowest BCUT2D eigenvalue weighted by atomic mass is 10.0. The smallest absolute Gasteiger partial charge is 0.328 e. The van der Waals surface area contributed by atoms with Gasteiger partial charge in [-0.3, -0.25) is 9.59 Å². The van der Waals surface area contributed by atoms with Crippen LogP contribution in [-0.2, 0) is 27.2 Å². The molecule has 7 nitrogen and oxygen atoms in total. The van der Waals surface area contributed by atoms with Crippen molar-refractivity contribution in [2.45, 2.75) is 31.8 Å². The van der Waals surface area contributed by atoms with Crippen LogP contribution in [0.25, 0.3) is 10.8 Å². The van der Waals surface area contributed by atoms with Crippen LogP contribution in [0.4, 0.5) is 0 Å². The minimum Gasteiger partial charge on any atom is -0.494 e. The van der Waals surface area contributed by atoms with E-state index in [1.165, 1.54) is 7.11 Å². The number of methoxy groups -OCH3 is 1. The largest absolute Gasteiger partial charge is 0.494 e. The SMILES string of the molecule is CCOc1ccc(C[C@@H](NC(=O)c2cccc3ccccc23)C(=O)N[C@@H](Cc2ccccc2)C(=O)OC)cc1. The van der Waals surface area contributed by atoms with E-state index >= 15 is 0 Å². The number of hydrogen-bond acceptors (Lipinski definition) is 5. The summed E-state index contributed by atoms with van der Waals surface area (Å²) in [5.74, 6) is -0.706. The third-order valence-corrected chi connectivity index (χ3v) is 6.42. The Morgan fingerprint density at radius 2 is 1.36 bits per heavy atom. The maximum atomic E-state index is 13.6. The van der Waals surface area contributed by atoms with Crippen LogP contribution in [0, 0.1) is 0 Å². The van der Waals surface area contributed by atoms with Gasteiger partial charge in [0.05, 0.1) is 13.7 Å². The monoisotopic (exact) mass is 524 g/mol. The van der Waals surface area contributed by atoms with Crippen LogP contribution < -0.4 is 15.4 Å². The van der Waals surface area contributed by atoms with Gasteiger partial charge in [0.15, 0.2) is 0 Å². The summed E-state index contributed by atoms with van der Waals surface area (Å²) in [6, 6.07) is 27.9. The summed E-state index contributed by atoms with van der Waals surface area (Å²) in [4.78, 5) is 39.7. The summed E-state index contributed by atoms with van der Waals surface area (Å²) in [6.45, 7) is 2.45. The van der Waals surface area contributed by atoms with Crippen molar-refractivity contribution in [1.82, 2.24) is 10.6 Å². The molecule has 0 fully saturated rings. The van der Waals surface area contributed by atoms with E-state index in [0.29, 0.717) is 12.2 Å². The van der Waals surface area contributed by atoms with E-state index in [1.54, 1.807) is 6.07 Å². The second-order valence-corrected chi connectivity index (χ2v) is 9.11. The molecule has 39 heavy (non-hydrogen) atoms. The minimum atomic E-state index is -0.947. The summed E-state index contributed by atoms with van der Waals surface area (Å²) >= 11 is 0. The van der Waals surface area contributed by atoms with E-state index in [9.17, 15) is 14.4 Å². The molecule has 0 aliphatic rings. The molecular weight excluding hydrogens is 492 g/mol. The molecule has 0 heterocycles. The van der Waals surface area contributed by atoms with Crippen molar-refractivity contribution < 1.29 is 23.9 Å². The zero-order valence-corrected chi connectivity index (χ0v) is 22.1. The molecule has 0 saturated carbocycles. The van der Waals surface area contributed by atoms with Crippen LogP contribution >= 0.6 is 0 Å². The summed E-state index contributed by atoms with van der Waals surface area (Å²) in [7, 11) is 1.28. The minimum absolute atomic E-state index is 0.216. The molecule has 0 saturated heterocycles. The topological polar surface area (TPSA) is 93.7 Å². The number of esters is 1. The molecule has 0 radical (unpaired) electrons. The number of amides is 2. The Labute approximate surface area is 228 Å². The summed E-state index contributed by atoms with van der Waals surface area (Å²) in [5, 5.41) is 7.42. The molecule has 0 aliphatic carbocycles. The molecule has 4 rings (SSSR count). The van der Waals surface area contributed by atoms with E-state index in [2.05, 4.69) is 10.6 Å². The highest BCUT2D eigenvalue weighted by atomic mass is 16.5. The lowest BCUT2D eigenvalue weighted by molar-refractivity contribution is -0.145. The summed E-state index contributed by atoms with van der Waals surface area (Å²) in [6.07, 6.45) is 0.472. The lowest BCUT2D eigenvalue weighted by Crippen LogP contribution is -2.53. The normalized spacial score (nSPS) is 12.3. The second-order valence-electron chi connectivity index (χ2n) is 9.11.